The topological polar surface area (TPSA) is 72.8 Å². The van der Waals surface area contributed by atoms with E-state index in [1.54, 1.807) is 30.7 Å². The van der Waals surface area contributed by atoms with Crippen molar-refractivity contribution < 1.29 is 14.3 Å². The Morgan fingerprint density at radius 1 is 1.10 bits per heavy atom. The van der Waals surface area contributed by atoms with E-state index in [2.05, 4.69) is 15.5 Å². The minimum atomic E-state index is -0.304. The highest BCUT2D eigenvalue weighted by Gasteiger charge is 2.04. The van der Waals surface area contributed by atoms with E-state index in [4.69, 9.17) is 21.1 Å². The van der Waals surface area contributed by atoms with Crippen molar-refractivity contribution in [1.82, 2.24) is 10.4 Å². The zero-order chi connectivity index (χ0) is 21.2. The number of nitrogens with one attached hydrogen (secondary N) is 1. The number of pyridine rings is 1. The normalized spacial score (nSPS) is 10.7. The molecule has 1 aromatic heterocycles. The molecule has 0 spiro atoms. The fourth-order valence-corrected chi connectivity index (χ4v) is 2.70. The number of aryl methyl sites for hydroxylation is 1. The monoisotopic (exact) mass is 423 g/mol. The predicted molar refractivity (Wildman–Crippen MR) is 118 cm³/mol. The second-order valence-corrected chi connectivity index (χ2v) is 6.84. The molecule has 3 rings (SSSR count). The van der Waals surface area contributed by atoms with Gasteiger partial charge in [-0.2, -0.15) is 5.10 Å². The first-order valence-corrected chi connectivity index (χ1v) is 9.85. The summed E-state index contributed by atoms with van der Waals surface area (Å²) < 4.78 is 11.6. The number of halogens is 1. The minimum absolute atomic E-state index is 0.304. The van der Waals surface area contributed by atoms with E-state index < -0.39 is 0 Å². The molecule has 154 valence electrons. The van der Waals surface area contributed by atoms with Crippen LogP contribution < -0.4 is 14.9 Å². The third kappa shape index (κ3) is 6.32. The number of aromatic nitrogens is 1. The lowest BCUT2D eigenvalue weighted by Gasteiger charge is -2.10. The van der Waals surface area contributed by atoms with Crippen molar-refractivity contribution in [2.75, 3.05) is 13.2 Å². The Hall–Kier alpha value is -3.38. The lowest BCUT2D eigenvalue weighted by Crippen LogP contribution is -2.17. The van der Waals surface area contributed by atoms with E-state index in [-0.39, 0.29) is 5.91 Å². The summed E-state index contributed by atoms with van der Waals surface area (Å²) in [5.41, 5.74) is 4.73. The molecule has 6 nitrogen and oxygen atoms in total. The molecule has 0 atom stereocenters. The molecule has 0 fully saturated rings. The Balaban J connectivity index is 1.46. The number of carbonyl (C=O) groups is 1. The largest absolute Gasteiger partial charge is 0.493 e. The highest BCUT2D eigenvalue weighted by atomic mass is 35.5. The molecule has 2 aromatic carbocycles. The van der Waals surface area contributed by atoms with Gasteiger partial charge in [0, 0.05) is 35.0 Å². The number of carbonyl (C=O) groups excluding carboxylic acids is 1. The summed E-state index contributed by atoms with van der Waals surface area (Å²) in [6.45, 7) is 2.95. The van der Waals surface area contributed by atoms with Gasteiger partial charge >= 0.3 is 0 Å². The molecule has 3 aromatic rings. The fourth-order valence-electron chi connectivity index (χ4n) is 2.58. The Kier molecular flexibility index (Phi) is 7.80. The van der Waals surface area contributed by atoms with Gasteiger partial charge in [0.15, 0.2) is 0 Å². The van der Waals surface area contributed by atoms with Crippen LogP contribution in [0.3, 0.4) is 0 Å². The van der Waals surface area contributed by atoms with E-state index in [1.165, 1.54) is 0 Å². The van der Waals surface area contributed by atoms with Gasteiger partial charge in [-0.25, -0.2) is 5.43 Å². The zero-order valence-corrected chi connectivity index (χ0v) is 17.3. The molecule has 0 radical (unpaired) electrons. The average Bonchev–Trinajstić information content (AvgIpc) is 2.77. The molecular weight excluding hydrogens is 402 g/mol. The Bertz CT molecular complexity index is 1010. The van der Waals surface area contributed by atoms with E-state index in [9.17, 15) is 4.79 Å². The molecule has 7 heteroatoms. The van der Waals surface area contributed by atoms with Crippen molar-refractivity contribution in [2.45, 2.75) is 13.3 Å². The maximum absolute atomic E-state index is 12.0. The van der Waals surface area contributed by atoms with Gasteiger partial charge < -0.3 is 9.47 Å². The van der Waals surface area contributed by atoms with E-state index >= 15 is 0 Å². The van der Waals surface area contributed by atoms with Crippen LogP contribution in [0.15, 0.2) is 72.1 Å². The highest BCUT2D eigenvalue weighted by Crippen LogP contribution is 2.21. The lowest BCUT2D eigenvalue weighted by molar-refractivity contribution is 0.0955. The van der Waals surface area contributed by atoms with Crippen LogP contribution in [-0.4, -0.2) is 30.3 Å². The second kappa shape index (κ2) is 11.0. The molecule has 30 heavy (non-hydrogen) atoms. The van der Waals surface area contributed by atoms with Crippen molar-refractivity contribution in [3.8, 4) is 11.5 Å². The number of hydrogen-bond acceptors (Lipinski definition) is 5. The van der Waals surface area contributed by atoms with E-state index in [0.29, 0.717) is 30.9 Å². The van der Waals surface area contributed by atoms with E-state index in [0.717, 1.165) is 21.9 Å². The Morgan fingerprint density at radius 2 is 1.87 bits per heavy atom. The van der Waals surface area contributed by atoms with Crippen molar-refractivity contribution in [1.29, 1.82) is 0 Å². The number of amides is 1. The van der Waals surface area contributed by atoms with Gasteiger partial charge in [0.2, 0.25) is 0 Å². The summed E-state index contributed by atoms with van der Waals surface area (Å²) in [6, 6.07) is 16.3. The molecule has 1 amide bonds. The minimum Gasteiger partial charge on any atom is -0.493 e. The number of para-hydroxylation sites is 1. The molecule has 0 unspecified atom stereocenters. The summed E-state index contributed by atoms with van der Waals surface area (Å²) in [4.78, 5) is 15.9. The number of nitrogens with zero attached hydrogens (tertiary/aromatic N) is 2. The summed E-state index contributed by atoms with van der Waals surface area (Å²) in [7, 11) is 0. The van der Waals surface area contributed by atoms with Crippen LogP contribution in [0.25, 0.3) is 0 Å². The fraction of sp³-hybridized carbons (Fsp3) is 0.174. The highest BCUT2D eigenvalue weighted by molar-refractivity contribution is 6.31. The van der Waals surface area contributed by atoms with Crippen LogP contribution in [0.1, 0.15) is 27.9 Å². The zero-order valence-electron chi connectivity index (χ0n) is 16.5. The average molecular weight is 424 g/mol. The van der Waals surface area contributed by atoms with Crippen LogP contribution in [0.5, 0.6) is 11.5 Å². The Labute approximate surface area is 180 Å². The third-order valence-corrected chi connectivity index (χ3v) is 4.60. The van der Waals surface area contributed by atoms with Gasteiger partial charge in [-0.3, -0.25) is 9.78 Å². The number of ether oxygens (including phenoxy) is 2. The summed E-state index contributed by atoms with van der Waals surface area (Å²) in [5.74, 6) is 1.16. The summed E-state index contributed by atoms with van der Waals surface area (Å²) in [5, 5.41) is 4.74. The molecular formula is C23H22ClN3O3. The van der Waals surface area contributed by atoms with Gasteiger partial charge in [0.05, 0.1) is 19.4 Å². The SMILES string of the molecule is Cc1cc(OCCCOc2ccccc2C=NNC(=O)c2ccncc2)ccc1Cl. The smallest absolute Gasteiger partial charge is 0.271 e. The third-order valence-electron chi connectivity index (χ3n) is 4.18. The maximum Gasteiger partial charge on any atom is 0.271 e. The summed E-state index contributed by atoms with van der Waals surface area (Å²) >= 11 is 6.02. The van der Waals surface area contributed by atoms with Crippen LogP contribution in [-0.2, 0) is 0 Å². The van der Waals surface area contributed by atoms with Gasteiger partial charge in [0.1, 0.15) is 11.5 Å². The Morgan fingerprint density at radius 3 is 2.67 bits per heavy atom. The van der Waals surface area contributed by atoms with Gasteiger partial charge in [-0.05, 0) is 55.0 Å². The molecule has 0 aliphatic carbocycles. The summed E-state index contributed by atoms with van der Waals surface area (Å²) in [6.07, 6.45) is 5.38. The van der Waals surface area contributed by atoms with E-state index in [1.807, 2.05) is 49.4 Å². The van der Waals surface area contributed by atoms with Crippen LogP contribution in [0, 0.1) is 6.92 Å². The number of hydrazone groups is 1. The van der Waals surface area contributed by atoms with Crippen molar-refractivity contribution in [3.63, 3.8) is 0 Å². The van der Waals surface area contributed by atoms with Crippen molar-refractivity contribution in [2.24, 2.45) is 5.10 Å². The van der Waals surface area contributed by atoms with Gasteiger partial charge in [0.25, 0.3) is 5.91 Å². The van der Waals surface area contributed by atoms with Crippen LogP contribution >= 0.6 is 11.6 Å². The first-order chi connectivity index (χ1) is 14.6. The number of benzene rings is 2. The lowest BCUT2D eigenvalue weighted by atomic mass is 10.2. The molecule has 0 saturated heterocycles. The predicted octanol–water partition coefficient (Wildman–Crippen LogP) is 4.66. The van der Waals surface area contributed by atoms with Crippen LogP contribution in [0.2, 0.25) is 5.02 Å². The van der Waals surface area contributed by atoms with Gasteiger partial charge in [-0.1, -0.05) is 23.7 Å². The second-order valence-electron chi connectivity index (χ2n) is 6.43. The number of rotatable bonds is 9. The molecule has 1 heterocycles. The first-order valence-electron chi connectivity index (χ1n) is 9.47. The molecule has 0 aliphatic rings. The molecule has 0 saturated carbocycles. The molecule has 1 N–H and O–H groups in total. The van der Waals surface area contributed by atoms with Crippen molar-refractivity contribution in [3.05, 3.63) is 88.7 Å². The molecule has 0 aliphatic heterocycles. The first kappa shape index (κ1) is 21.3. The maximum atomic E-state index is 12.0. The van der Waals surface area contributed by atoms with Gasteiger partial charge in [-0.15, -0.1) is 0 Å². The standard InChI is InChI=1S/C23H22ClN3O3/c1-17-15-20(7-8-21(17)24)29-13-4-14-30-22-6-3-2-5-19(22)16-26-27-23(28)18-9-11-25-12-10-18/h2-3,5-12,15-16H,4,13-14H2,1H3,(H,27,28). The van der Waals surface area contributed by atoms with Crippen molar-refractivity contribution >= 4 is 23.7 Å². The quantitative estimate of drug-likeness (QED) is 0.309. The number of hydrogen-bond donors (Lipinski definition) is 1. The molecule has 0 bridgehead atoms. The van der Waals surface area contributed by atoms with Crippen LogP contribution in [0.4, 0.5) is 0 Å².